The number of hydrogen-bond donors (Lipinski definition) is 0. The van der Waals surface area contributed by atoms with Gasteiger partial charge >= 0.3 is 12.3 Å². The molecule has 0 aliphatic carbocycles. The molecule has 4 rings (SSSR count). The molecule has 3 aromatic rings. The van der Waals surface area contributed by atoms with Gasteiger partial charge in [-0.05, 0) is 63.1 Å². The summed E-state index contributed by atoms with van der Waals surface area (Å²) >= 11 is 0. The van der Waals surface area contributed by atoms with Crippen molar-refractivity contribution >= 4 is 5.97 Å². The third kappa shape index (κ3) is 6.42. The molecule has 0 spiro atoms. The fourth-order valence-electron chi connectivity index (χ4n) is 4.11. The summed E-state index contributed by atoms with van der Waals surface area (Å²) in [5.41, 5.74) is 1.43. The van der Waals surface area contributed by atoms with Crippen molar-refractivity contribution < 1.29 is 31.9 Å². The molecule has 0 saturated carbocycles. The molecule has 1 aliphatic heterocycles. The summed E-state index contributed by atoms with van der Waals surface area (Å²) in [6, 6.07) is 11.9. The smallest absolute Gasteiger partial charge is 0.406 e. The fraction of sp³-hybridized carbons (Fsp3) is 0.385. The summed E-state index contributed by atoms with van der Waals surface area (Å²) in [4.78, 5) is 22.8. The Balaban J connectivity index is 1.58. The van der Waals surface area contributed by atoms with Crippen molar-refractivity contribution in [3.8, 4) is 11.4 Å². The van der Waals surface area contributed by atoms with Crippen molar-refractivity contribution in [2.75, 3.05) is 13.1 Å². The van der Waals surface area contributed by atoms with Gasteiger partial charge in [0, 0.05) is 36.8 Å². The topological polar surface area (TPSA) is 56.6 Å². The zero-order chi connectivity index (χ0) is 26.1. The fourth-order valence-corrected chi connectivity index (χ4v) is 4.11. The van der Waals surface area contributed by atoms with Gasteiger partial charge < -0.3 is 14.1 Å². The molecule has 2 atom stereocenters. The number of rotatable bonds is 5. The van der Waals surface area contributed by atoms with Crippen molar-refractivity contribution in [3.05, 3.63) is 78.1 Å². The second-order valence-corrected chi connectivity index (χ2v) is 9.91. The number of hydrogen-bond acceptors (Lipinski definition) is 5. The Bertz CT molecular complexity index is 1200. The largest absolute Gasteiger partial charge is 0.573 e. The first-order valence-corrected chi connectivity index (χ1v) is 11.5. The maximum Gasteiger partial charge on any atom is 0.573 e. The molecular formula is C26H27F4N3O3. The molecule has 10 heteroatoms. The summed E-state index contributed by atoms with van der Waals surface area (Å²) in [7, 11) is 0. The van der Waals surface area contributed by atoms with E-state index < -0.39 is 11.8 Å². The first-order chi connectivity index (χ1) is 16.9. The van der Waals surface area contributed by atoms with E-state index in [9.17, 15) is 22.4 Å². The molecule has 36 heavy (non-hydrogen) atoms. The number of alkyl halides is 3. The standard InChI is InChI=1S/C26H27F4N3O3/c1-25(2,3)24(34)36-33-13-18(17-7-9-22(10-8-17)35-26(28,29)30)11-19(14-33)23-15-32(16-31-23)21-6-4-5-20(27)12-21/h4-10,12,15-16,18-19H,11,13-14H2,1-3H3. The van der Waals surface area contributed by atoms with Gasteiger partial charge in [0.15, 0.2) is 0 Å². The van der Waals surface area contributed by atoms with Gasteiger partial charge in [0.1, 0.15) is 11.6 Å². The van der Waals surface area contributed by atoms with Crippen LogP contribution in [0.3, 0.4) is 0 Å². The van der Waals surface area contributed by atoms with Crippen molar-refractivity contribution in [3.63, 3.8) is 0 Å². The molecule has 1 aromatic heterocycles. The van der Waals surface area contributed by atoms with E-state index in [0.717, 1.165) is 11.3 Å². The Kier molecular flexibility index (Phi) is 7.08. The number of hydroxylamine groups is 2. The highest BCUT2D eigenvalue weighted by molar-refractivity contribution is 5.75. The number of imidazole rings is 1. The lowest BCUT2D eigenvalue weighted by Crippen LogP contribution is -2.42. The van der Waals surface area contributed by atoms with E-state index >= 15 is 0 Å². The lowest BCUT2D eigenvalue weighted by atomic mass is 9.84. The molecule has 192 valence electrons. The van der Waals surface area contributed by atoms with Crippen LogP contribution < -0.4 is 4.74 Å². The van der Waals surface area contributed by atoms with Gasteiger partial charge in [0.05, 0.1) is 17.4 Å². The molecule has 6 nitrogen and oxygen atoms in total. The Labute approximate surface area is 206 Å². The predicted octanol–water partition coefficient (Wildman–Crippen LogP) is 5.99. The lowest BCUT2D eigenvalue weighted by Gasteiger charge is -2.37. The van der Waals surface area contributed by atoms with Crippen molar-refractivity contribution in [1.82, 2.24) is 14.6 Å². The number of ether oxygens (including phenoxy) is 1. The van der Waals surface area contributed by atoms with E-state index in [1.165, 1.54) is 24.3 Å². The molecule has 0 radical (unpaired) electrons. The third-order valence-electron chi connectivity index (χ3n) is 5.95. The van der Waals surface area contributed by atoms with E-state index in [-0.39, 0.29) is 29.4 Å². The molecule has 2 aromatic carbocycles. The number of carbonyl (C=O) groups is 1. The first-order valence-electron chi connectivity index (χ1n) is 11.5. The Morgan fingerprint density at radius 2 is 1.72 bits per heavy atom. The summed E-state index contributed by atoms with van der Waals surface area (Å²) in [5.74, 6) is -1.34. The van der Waals surface area contributed by atoms with Gasteiger partial charge in [-0.15, -0.1) is 18.2 Å². The van der Waals surface area contributed by atoms with Gasteiger partial charge in [0.2, 0.25) is 0 Å². The maximum absolute atomic E-state index is 13.7. The Morgan fingerprint density at radius 3 is 2.36 bits per heavy atom. The number of benzene rings is 2. The quantitative estimate of drug-likeness (QED) is 0.399. The van der Waals surface area contributed by atoms with Crippen LogP contribution in [0.15, 0.2) is 61.1 Å². The van der Waals surface area contributed by atoms with E-state index in [2.05, 4.69) is 9.72 Å². The third-order valence-corrected chi connectivity index (χ3v) is 5.95. The van der Waals surface area contributed by atoms with Crippen LogP contribution >= 0.6 is 0 Å². The van der Waals surface area contributed by atoms with Gasteiger partial charge in [-0.3, -0.25) is 0 Å². The average Bonchev–Trinajstić information content (AvgIpc) is 3.28. The molecule has 1 aliphatic rings. The van der Waals surface area contributed by atoms with Crippen molar-refractivity contribution in [2.45, 2.75) is 45.4 Å². The zero-order valence-electron chi connectivity index (χ0n) is 20.1. The van der Waals surface area contributed by atoms with Crippen LogP contribution in [0.2, 0.25) is 0 Å². The molecular weight excluding hydrogens is 478 g/mol. The van der Waals surface area contributed by atoms with Gasteiger partial charge in [-0.1, -0.05) is 18.2 Å². The minimum absolute atomic E-state index is 0.141. The predicted molar refractivity (Wildman–Crippen MR) is 124 cm³/mol. The molecule has 1 saturated heterocycles. The van der Waals surface area contributed by atoms with E-state index in [4.69, 9.17) is 4.84 Å². The molecule has 2 heterocycles. The minimum atomic E-state index is -4.77. The molecule has 0 amide bonds. The number of piperidine rings is 1. The highest BCUT2D eigenvalue weighted by Gasteiger charge is 2.35. The average molecular weight is 506 g/mol. The number of carbonyl (C=O) groups excluding carboxylic acids is 1. The summed E-state index contributed by atoms with van der Waals surface area (Å²) in [5, 5.41) is 1.59. The van der Waals surface area contributed by atoms with Gasteiger partial charge in [-0.25, -0.2) is 14.2 Å². The second-order valence-electron chi connectivity index (χ2n) is 9.91. The highest BCUT2D eigenvalue weighted by Crippen LogP contribution is 2.37. The number of nitrogens with zero attached hydrogens (tertiary/aromatic N) is 3. The second kappa shape index (κ2) is 9.93. The SMILES string of the molecule is CC(C)(C)C(=O)ON1CC(c2ccc(OC(F)(F)F)cc2)CC(c2cn(-c3cccc(F)c3)cn2)C1. The number of aromatic nitrogens is 2. The van der Waals surface area contributed by atoms with Crippen LogP contribution in [0.25, 0.3) is 5.69 Å². The van der Waals surface area contributed by atoms with E-state index in [1.807, 2.05) is 6.20 Å². The van der Waals surface area contributed by atoms with Crippen LogP contribution in [-0.4, -0.2) is 40.0 Å². The molecule has 1 fully saturated rings. The first kappa shape index (κ1) is 25.7. The van der Waals surface area contributed by atoms with Crippen LogP contribution in [0.5, 0.6) is 5.75 Å². The van der Waals surface area contributed by atoms with Crippen LogP contribution in [0.4, 0.5) is 17.6 Å². The van der Waals surface area contributed by atoms with E-state index in [0.29, 0.717) is 25.2 Å². The number of halogens is 4. The lowest BCUT2D eigenvalue weighted by molar-refractivity contribution is -0.274. The van der Waals surface area contributed by atoms with Crippen molar-refractivity contribution in [1.29, 1.82) is 0 Å². The summed E-state index contributed by atoms with van der Waals surface area (Å²) in [6.07, 6.45) is -0.729. The monoisotopic (exact) mass is 505 g/mol. The normalized spacial score (nSPS) is 19.2. The Morgan fingerprint density at radius 1 is 1.03 bits per heavy atom. The zero-order valence-corrected chi connectivity index (χ0v) is 20.1. The highest BCUT2D eigenvalue weighted by atomic mass is 19.4. The van der Waals surface area contributed by atoms with Gasteiger partial charge in [-0.2, -0.15) is 0 Å². The Hall–Kier alpha value is -3.40. The summed E-state index contributed by atoms with van der Waals surface area (Å²) in [6.45, 7) is 6.05. The van der Waals surface area contributed by atoms with Gasteiger partial charge in [0.25, 0.3) is 0 Å². The minimum Gasteiger partial charge on any atom is -0.406 e. The van der Waals surface area contributed by atoms with Crippen LogP contribution in [0.1, 0.15) is 50.3 Å². The molecule has 0 bridgehead atoms. The van der Waals surface area contributed by atoms with Crippen molar-refractivity contribution in [2.24, 2.45) is 5.41 Å². The molecule has 0 N–H and O–H groups in total. The van der Waals surface area contributed by atoms with Crippen LogP contribution in [0, 0.1) is 11.2 Å². The van der Waals surface area contributed by atoms with Crippen LogP contribution in [-0.2, 0) is 9.63 Å². The molecule has 2 unspecified atom stereocenters. The summed E-state index contributed by atoms with van der Waals surface area (Å²) < 4.78 is 57.0. The maximum atomic E-state index is 13.7. The van der Waals surface area contributed by atoms with E-state index in [1.54, 1.807) is 61.0 Å².